The Morgan fingerprint density at radius 1 is 0.333 bits per heavy atom. The zero-order valence-corrected chi connectivity index (χ0v) is 24.2. The zero-order valence-electron chi connectivity index (χ0n) is 24.2. The fourth-order valence-corrected chi connectivity index (χ4v) is 7.25. The van der Waals surface area contributed by atoms with Crippen LogP contribution in [0.3, 0.4) is 0 Å². The van der Waals surface area contributed by atoms with Crippen LogP contribution in [0.1, 0.15) is 0 Å². The first-order valence-electron chi connectivity index (χ1n) is 15.3. The van der Waals surface area contributed by atoms with E-state index in [-0.39, 0.29) is 0 Å². The van der Waals surface area contributed by atoms with Crippen LogP contribution >= 0.6 is 0 Å². The monoisotopic (exact) mass is 575 g/mol. The Hall–Kier alpha value is -6.06. The molecular weight excluding hydrogens is 550 g/mol. The Labute approximate surface area is 258 Å². The number of benzene rings is 8. The first-order chi connectivity index (χ1) is 22.3. The van der Waals surface area contributed by atoms with Crippen molar-refractivity contribution in [2.75, 3.05) is 4.90 Å². The average Bonchev–Trinajstić information content (AvgIpc) is 3.67. The Bertz CT molecular complexity index is 2670. The summed E-state index contributed by atoms with van der Waals surface area (Å²) in [5.41, 5.74) is 6.66. The quantitative estimate of drug-likeness (QED) is 0.196. The molecule has 3 heteroatoms. The minimum Gasteiger partial charge on any atom is -0.456 e. The molecule has 0 amide bonds. The summed E-state index contributed by atoms with van der Waals surface area (Å²) >= 11 is 0. The van der Waals surface area contributed by atoms with Crippen LogP contribution in [0, 0.1) is 0 Å². The maximum absolute atomic E-state index is 6.37. The maximum Gasteiger partial charge on any atom is 0.137 e. The third-order valence-corrected chi connectivity index (χ3v) is 9.23. The second-order valence-electron chi connectivity index (χ2n) is 11.7. The molecule has 2 heterocycles. The number of furan rings is 2. The van der Waals surface area contributed by atoms with Gasteiger partial charge in [0.2, 0.25) is 0 Å². The van der Waals surface area contributed by atoms with Crippen molar-refractivity contribution in [3.8, 4) is 0 Å². The molecule has 0 spiro atoms. The minimum absolute atomic E-state index is 0.863. The lowest BCUT2D eigenvalue weighted by Crippen LogP contribution is -2.10. The van der Waals surface area contributed by atoms with Crippen molar-refractivity contribution in [3.63, 3.8) is 0 Å². The van der Waals surface area contributed by atoms with E-state index in [4.69, 9.17) is 8.83 Å². The first-order valence-corrected chi connectivity index (χ1v) is 15.3. The molecule has 10 aromatic rings. The number of fused-ring (bicyclic) bond motifs is 11. The van der Waals surface area contributed by atoms with Gasteiger partial charge in [-0.05, 0) is 80.8 Å². The lowest BCUT2D eigenvalue weighted by Gasteiger charge is -2.27. The summed E-state index contributed by atoms with van der Waals surface area (Å²) in [5, 5.41) is 11.9. The smallest absolute Gasteiger partial charge is 0.137 e. The van der Waals surface area contributed by atoms with Crippen molar-refractivity contribution in [2.24, 2.45) is 0 Å². The summed E-state index contributed by atoms with van der Waals surface area (Å²) in [5.74, 6) is 0. The van der Waals surface area contributed by atoms with Gasteiger partial charge in [0.15, 0.2) is 0 Å². The number of nitrogens with zero attached hydrogens (tertiary/aromatic N) is 1. The molecule has 0 aliphatic heterocycles. The van der Waals surface area contributed by atoms with Crippen LogP contribution in [-0.4, -0.2) is 0 Å². The van der Waals surface area contributed by atoms with Gasteiger partial charge in [0.25, 0.3) is 0 Å². The molecule has 0 aliphatic rings. The SMILES string of the molecule is c1ccc2c(c1)ccc1c3ccc(N(c4cccc5oc6ccccc6c45)c4cccc5oc6ccccc6c45)cc3ccc21. The molecule has 0 fully saturated rings. The maximum atomic E-state index is 6.37. The van der Waals surface area contributed by atoms with Crippen molar-refractivity contribution in [1.82, 2.24) is 0 Å². The Morgan fingerprint density at radius 2 is 0.822 bits per heavy atom. The lowest BCUT2D eigenvalue weighted by molar-refractivity contribution is 0.668. The van der Waals surface area contributed by atoms with Crippen LogP contribution in [-0.2, 0) is 0 Å². The summed E-state index contributed by atoms with van der Waals surface area (Å²) in [4.78, 5) is 2.37. The third kappa shape index (κ3) is 3.52. The van der Waals surface area contributed by atoms with Gasteiger partial charge in [0.1, 0.15) is 22.3 Å². The van der Waals surface area contributed by atoms with Gasteiger partial charge in [-0.25, -0.2) is 0 Å². The number of hydrogen-bond donors (Lipinski definition) is 0. The molecule has 0 aliphatic carbocycles. The third-order valence-electron chi connectivity index (χ3n) is 9.23. The average molecular weight is 576 g/mol. The summed E-state index contributed by atoms with van der Waals surface area (Å²) in [6.45, 7) is 0. The fourth-order valence-electron chi connectivity index (χ4n) is 7.25. The highest BCUT2D eigenvalue weighted by molar-refractivity contribution is 6.20. The molecule has 8 aromatic carbocycles. The van der Waals surface area contributed by atoms with Gasteiger partial charge in [-0.3, -0.25) is 0 Å². The molecule has 2 aromatic heterocycles. The predicted molar refractivity (Wildman–Crippen MR) is 188 cm³/mol. The van der Waals surface area contributed by atoms with Crippen molar-refractivity contribution in [2.45, 2.75) is 0 Å². The van der Waals surface area contributed by atoms with Crippen LogP contribution in [0.5, 0.6) is 0 Å². The molecule has 0 N–H and O–H groups in total. The van der Waals surface area contributed by atoms with E-state index in [0.29, 0.717) is 0 Å². The summed E-state index contributed by atoms with van der Waals surface area (Å²) in [6, 6.07) is 53.7. The fraction of sp³-hybridized carbons (Fsp3) is 0. The predicted octanol–water partition coefficient (Wildman–Crippen LogP) is 12.4. The van der Waals surface area contributed by atoms with E-state index in [1.807, 2.05) is 24.3 Å². The molecule has 0 saturated heterocycles. The van der Waals surface area contributed by atoms with E-state index in [2.05, 4.69) is 132 Å². The van der Waals surface area contributed by atoms with Gasteiger partial charge >= 0.3 is 0 Å². The molecule has 0 radical (unpaired) electrons. The van der Waals surface area contributed by atoms with E-state index in [9.17, 15) is 0 Å². The highest BCUT2D eigenvalue weighted by Crippen LogP contribution is 2.47. The van der Waals surface area contributed by atoms with Crippen LogP contribution in [0.15, 0.2) is 160 Å². The molecule has 0 bridgehead atoms. The Kier molecular flexibility index (Phi) is 5.00. The van der Waals surface area contributed by atoms with Gasteiger partial charge in [-0.15, -0.1) is 0 Å². The first kappa shape index (κ1) is 24.4. The van der Waals surface area contributed by atoms with Crippen LogP contribution in [0.25, 0.3) is 76.2 Å². The van der Waals surface area contributed by atoms with E-state index in [1.54, 1.807) is 0 Å². The second kappa shape index (κ2) is 9.22. The summed E-state index contributed by atoms with van der Waals surface area (Å²) in [6.07, 6.45) is 0. The van der Waals surface area contributed by atoms with Crippen molar-refractivity contribution >= 4 is 93.3 Å². The molecule has 0 saturated carbocycles. The number of anilines is 3. The number of para-hydroxylation sites is 2. The van der Waals surface area contributed by atoms with E-state index >= 15 is 0 Å². The normalized spacial score (nSPS) is 12.0. The lowest BCUT2D eigenvalue weighted by atomic mass is 9.96. The number of rotatable bonds is 3. The largest absolute Gasteiger partial charge is 0.456 e. The minimum atomic E-state index is 0.863. The van der Waals surface area contributed by atoms with Crippen molar-refractivity contribution in [3.05, 3.63) is 152 Å². The van der Waals surface area contributed by atoms with Gasteiger partial charge in [0.05, 0.1) is 22.1 Å². The van der Waals surface area contributed by atoms with Gasteiger partial charge < -0.3 is 13.7 Å². The molecule has 3 nitrogen and oxygen atoms in total. The number of hydrogen-bond acceptors (Lipinski definition) is 3. The molecule has 0 unspecified atom stereocenters. The molecule has 210 valence electrons. The van der Waals surface area contributed by atoms with E-state index in [1.165, 1.54) is 32.3 Å². The van der Waals surface area contributed by atoms with Gasteiger partial charge in [0, 0.05) is 16.5 Å². The zero-order chi connectivity index (χ0) is 29.5. The highest BCUT2D eigenvalue weighted by atomic mass is 16.3. The molecule has 10 rings (SSSR count). The van der Waals surface area contributed by atoms with Crippen LogP contribution in [0.4, 0.5) is 17.1 Å². The summed E-state index contributed by atoms with van der Waals surface area (Å²) in [7, 11) is 0. The van der Waals surface area contributed by atoms with Crippen molar-refractivity contribution < 1.29 is 8.83 Å². The molecular formula is C42H25NO2. The van der Waals surface area contributed by atoms with E-state index in [0.717, 1.165) is 60.9 Å². The van der Waals surface area contributed by atoms with E-state index < -0.39 is 0 Å². The standard InChI is InChI=1S/C42H25NO2/c1-2-10-29-26(9-1)19-22-32-30-24-21-28(25-27(30)20-23-31(29)32)43(35-13-7-17-39-41(35)33-11-3-5-15-37(33)44-39)36-14-8-18-40-42(36)34-12-4-6-16-38(34)45-40/h1-25H. The van der Waals surface area contributed by atoms with Crippen LogP contribution in [0.2, 0.25) is 0 Å². The van der Waals surface area contributed by atoms with Gasteiger partial charge in [-0.1, -0.05) is 103 Å². The van der Waals surface area contributed by atoms with Gasteiger partial charge in [-0.2, -0.15) is 0 Å². The summed E-state index contributed by atoms with van der Waals surface area (Å²) < 4.78 is 12.7. The topological polar surface area (TPSA) is 29.5 Å². The Balaban J connectivity index is 1.30. The van der Waals surface area contributed by atoms with Crippen molar-refractivity contribution in [1.29, 1.82) is 0 Å². The van der Waals surface area contributed by atoms with Crippen LogP contribution < -0.4 is 4.90 Å². The molecule has 0 atom stereocenters. The molecule has 45 heavy (non-hydrogen) atoms. The second-order valence-corrected chi connectivity index (χ2v) is 11.7. The highest BCUT2D eigenvalue weighted by Gasteiger charge is 2.23. The Morgan fingerprint density at radius 3 is 1.47 bits per heavy atom.